The van der Waals surface area contributed by atoms with E-state index in [1.54, 1.807) is 0 Å². The predicted octanol–water partition coefficient (Wildman–Crippen LogP) is 9.99. The van der Waals surface area contributed by atoms with Crippen LogP contribution in [0.4, 0.5) is 0 Å². The highest BCUT2D eigenvalue weighted by Crippen LogP contribution is 2.32. The monoisotopic (exact) mass is 958 g/mol. The minimum atomic E-state index is -0.0942. The van der Waals surface area contributed by atoms with E-state index in [4.69, 9.17) is 18.9 Å². The molecule has 8 unspecified atom stereocenters. The van der Waals surface area contributed by atoms with Crippen LogP contribution in [0.3, 0.4) is 0 Å². The molecular weight excluding hydrogens is 859 g/mol. The zero-order valence-corrected chi connectivity index (χ0v) is 41.5. The Morgan fingerprint density at radius 2 is 0.618 bits per heavy atom. The molecule has 13 nitrogen and oxygen atoms in total. The van der Waals surface area contributed by atoms with Gasteiger partial charge in [0.05, 0.1) is 55.5 Å². The first-order chi connectivity index (χ1) is 32.3. The van der Waals surface area contributed by atoms with Gasteiger partial charge in [0.25, 0.3) is 0 Å². The molecule has 4 fully saturated rings. The molecule has 392 valence electrons. The molecule has 0 aromatic heterocycles. The summed E-state index contributed by atoms with van der Waals surface area (Å²) >= 11 is 0. The van der Waals surface area contributed by atoms with Gasteiger partial charge in [-0.15, -0.1) is 0 Å². The van der Waals surface area contributed by atoms with Gasteiger partial charge in [0.1, 0.15) is 0 Å². The summed E-state index contributed by atoms with van der Waals surface area (Å²) in [4.78, 5) is 47.4. The van der Waals surface area contributed by atoms with Crippen LogP contribution in [0.25, 0.3) is 0 Å². The predicted molar refractivity (Wildman–Crippen MR) is 278 cm³/mol. The molecule has 0 aliphatic carbocycles. The summed E-state index contributed by atoms with van der Waals surface area (Å²) in [5, 5.41) is 14.5. The van der Waals surface area contributed by atoms with Crippen LogP contribution in [0.5, 0.6) is 0 Å². The first kappa shape index (κ1) is 62.7. The second-order valence-corrected chi connectivity index (χ2v) is 18.3. The van der Waals surface area contributed by atoms with Crippen molar-refractivity contribution in [3.05, 3.63) is 48.6 Å². The summed E-state index contributed by atoms with van der Waals surface area (Å²) in [6, 6.07) is 0. The molecule has 4 aliphatic rings. The molecule has 8 atom stereocenters. The quantitative estimate of drug-likeness (QED) is 0.0173. The Labute approximate surface area is 414 Å². The van der Waals surface area contributed by atoms with Crippen molar-refractivity contribution in [3.8, 4) is 0 Å². The van der Waals surface area contributed by atoms with Gasteiger partial charge in [-0.2, -0.15) is 0 Å². The Bertz CT molecular complexity index is 1350. The van der Waals surface area contributed by atoms with E-state index in [2.05, 4.69) is 66.4 Å². The summed E-state index contributed by atoms with van der Waals surface area (Å²) in [7, 11) is 0. The zero-order valence-electron chi connectivity index (χ0n) is 41.5. The first-order valence-corrected chi connectivity index (χ1v) is 26.3. The molecule has 0 bridgehead atoms. The Kier molecular flexibility index (Phi) is 37.2. The van der Waals surface area contributed by atoms with E-state index >= 15 is 0 Å². The van der Waals surface area contributed by atoms with Crippen LogP contribution in [0.2, 0.25) is 0 Å². The van der Waals surface area contributed by atoms with Crippen molar-refractivity contribution in [2.24, 2.45) is 0 Å². The van der Waals surface area contributed by atoms with Gasteiger partial charge in [-0.1, -0.05) is 168 Å². The maximum absolute atomic E-state index is 11.9. The summed E-state index contributed by atoms with van der Waals surface area (Å²) in [6.07, 6.45) is 43.5. The zero-order chi connectivity index (χ0) is 47.5. The molecule has 4 saturated heterocycles. The minimum absolute atomic E-state index is 0. The van der Waals surface area contributed by atoms with E-state index in [0.717, 1.165) is 51.4 Å². The lowest BCUT2D eigenvalue weighted by Gasteiger charge is -2.07. The molecule has 68 heavy (non-hydrogen) atoms. The van der Waals surface area contributed by atoms with Crippen molar-refractivity contribution in [1.29, 1.82) is 0 Å². The summed E-state index contributed by atoms with van der Waals surface area (Å²) in [5.41, 5.74) is 0. The number of nitrogens with one attached hydrogen (secondary N) is 5. The normalized spacial score (nSPS) is 23.1. The summed E-state index contributed by atoms with van der Waals surface area (Å²) < 4.78 is 22.6. The molecule has 5 N–H and O–H groups in total. The van der Waals surface area contributed by atoms with Gasteiger partial charge < -0.3 is 45.5 Å². The second kappa shape index (κ2) is 40.4. The molecule has 0 saturated carbocycles. The molecular formula is C55H99N5O8. The van der Waals surface area contributed by atoms with Crippen molar-refractivity contribution in [2.75, 3.05) is 32.8 Å². The van der Waals surface area contributed by atoms with Gasteiger partial charge >= 0.3 is 0 Å². The van der Waals surface area contributed by atoms with Crippen LogP contribution in [0.15, 0.2) is 48.6 Å². The number of rotatable bonds is 40. The van der Waals surface area contributed by atoms with E-state index in [1.807, 2.05) is 36.5 Å². The highest BCUT2D eigenvalue weighted by molar-refractivity contribution is 5.80. The number of unbranched alkanes of at least 4 members (excludes halogenated alkanes) is 8. The molecule has 4 rings (SSSR count). The maximum atomic E-state index is 11.9. The maximum Gasteiger partial charge on any atom is 0.225 e. The van der Waals surface area contributed by atoms with Crippen molar-refractivity contribution >= 4 is 23.6 Å². The Morgan fingerprint density at radius 3 is 0.882 bits per heavy atom. The highest BCUT2D eigenvalue weighted by Gasteiger charge is 2.38. The van der Waals surface area contributed by atoms with E-state index in [1.165, 1.54) is 77.0 Å². The van der Waals surface area contributed by atoms with Crippen LogP contribution in [-0.2, 0) is 38.1 Å². The van der Waals surface area contributed by atoms with E-state index in [-0.39, 0.29) is 45.2 Å². The molecule has 4 aliphatic heterocycles. The standard InChI is InChI=1S/C28H49N3O4.C25H42N2O4.2CH4/c1-3-5-7-13-23-25(34-23)15-9-11-17-27(32)30-21-19-29-20-22-31-28(33)18-12-10-16-26-24(35-26)14-8-6-4-2;1-3-5-7-13-20-22(30-20)15-9-11-17-24(28)26-19-27-25(29)18-12-10-16-23-21(31-23)14-8-6-4-2;;/h9-12,23-26,29H,3-8,13-22H2,1-2H3,(H,30,32)(H,31,33);9-12,20-23H,3-8,13-19H2,1-2H3,(H,26,28)(H,27,29);2*1H4/b2*11-9+,12-10+;;. The van der Waals surface area contributed by atoms with Gasteiger partial charge in [-0.25, -0.2) is 0 Å². The van der Waals surface area contributed by atoms with Crippen LogP contribution in [0, 0.1) is 0 Å². The number of carbonyl (C=O) groups excluding carboxylic acids is 4. The Hall–Kier alpha value is -3.36. The second-order valence-electron chi connectivity index (χ2n) is 18.3. The largest absolute Gasteiger partial charge is 0.369 e. The molecule has 0 aromatic carbocycles. The fourth-order valence-corrected chi connectivity index (χ4v) is 7.86. The lowest BCUT2D eigenvalue weighted by molar-refractivity contribution is -0.122. The Morgan fingerprint density at radius 1 is 0.353 bits per heavy atom. The third-order valence-electron chi connectivity index (χ3n) is 12.3. The molecule has 4 amide bonds. The number of ether oxygens (including phenoxy) is 4. The van der Waals surface area contributed by atoms with Gasteiger partial charge in [0, 0.05) is 51.9 Å². The highest BCUT2D eigenvalue weighted by atomic mass is 16.6. The first-order valence-electron chi connectivity index (χ1n) is 26.3. The third kappa shape index (κ3) is 33.2. The topological polar surface area (TPSA) is 179 Å². The van der Waals surface area contributed by atoms with Crippen LogP contribution < -0.4 is 26.6 Å². The van der Waals surface area contributed by atoms with Gasteiger partial charge in [-0.3, -0.25) is 19.2 Å². The van der Waals surface area contributed by atoms with E-state index in [0.29, 0.717) is 101 Å². The SMILES string of the molecule is C.C.CCCCCC1OC1C/C=C/CC(=O)NCCNCCNC(=O)C/C=C/CC1OC1CCCCC.CCCCCC1OC1C/C=C/CC(=O)NCNC(=O)C/C=C/CC1OC1CCCCC. The summed E-state index contributed by atoms with van der Waals surface area (Å²) in [5.74, 6) is -0.127. The molecule has 13 heteroatoms. The van der Waals surface area contributed by atoms with E-state index < -0.39 is 0 Å². The number of epoxide rings is 4. The Balaban J connectivity index is 0.000000665. The van der Waals surface area contributed by atoms with E-state index in [9.17, 15) is 19.2 Å². The average Bonchev–Trinajstić information content (AvgIpc) is 4.12. The van der Waals surface area contributed by atoms with Crippen molar-refractivity contribution < 1.29 is 38.1 Å². The number of hydrogen-bond acceptors (Lipinski definition) is 9. The van der Waals surface area contributed by atoms with Crippen LogP contribution in [-0.4, -0.2) is 105 Å². The van der Waals surface area contributed by atoms with Crippen molar-refractivity contribution in [1.82, 2.24) is 26.6 Å². The lowest BCUT2D eigenvalue weighted by atomic mass is 10.1. The molecule has 0 aromatic rings. The molecule has 0 radical (unpaired) electrons. The summed E-state index contributed by atoms with van der Waals surface area (Å²) in [6.45, 7) is 11.5. The lowest BCUT2D eigenvalue weighted by Crippen LogP contribution is -2.36. The van der Waals surface area contributed by atoms with Crippen LogP contribution in [0.1, 0.15) is 197 Å². The minimum Gasteiger partial charge on any atom is -0.369 e. The van der Waals surface area contributed by atoms with Gasteiger partial charge in [0.15, 0.2) is 0 Å². The van der Waals surface area contributed by atoms with Crippen molar-refractivity contribution in [2.45, 2.75) is 245 Å². The van der Waals surface area contributed by atoms with Gasteiger partial charge in [-0.05, 0) is 51.4 Å². The van der Waals surface area contributed by atoms with Gasteiger partial charge in [0.2, 0.25) is 23.6 Å². The van der Waals surface area contributed by atoms with Crippen molar-refractivity contribution in [3.63, 3.8) is 0 Å². The number of carbonyl (C=O) groups is 4. The fraction of sp³-hybridized carbons (Fsp3) is 0.782. The average molecular weight is 958 g/mol. The fourth-order valence-electron chi connectivity index (χ4n) is 7.86. The van der Waals surface area contributed by atoms with Crippen LogP contribution >= 0.6 is 0 Å². The third-order valence-corrected chi connectivity index (χ3v) is 12.3. The number of hydrogen-bond donors (Lipinski definition) is 5. The molecule has 0 spiro atoms. The number of amides is 4. The smallest absolute Gasteiger partial charge is 0.225 e. The molecule has 4 heterocycles.